The molecule has 2 bridgehead atoms. The largest absolute Gasteiger partial charge is 0.462 e. The van der Waals surface area contributed by atoms with Crippen LogP contribution in [-0.4, -0.2) is 29.9 Å². The van der Waals surface area contributed by atoms with Gasteiger partial charge in [0.2, 0.25) is 0 Å². The second kappa shape index (κ2) is 5.43. The summed E-state index contributed by atoms with van der Waals surface area (Å²) in [5, 5.41) is 0. The van der Waals surface area contributed by atoms with Crippen LogP contribution < -0.4 is 0 Å². The normalized spacial score (nSPS) is 51.3. The first-order valence-electron chi connectivity index (χ1n) is 10.00. The van der Waals surface area contributed by atoms with Gasteiger partial charge in [-0.25, -0.2) is 0 Å². The SMILES string of the molecule is CC(=O)O[C@H]1[C@H]2C=C[C@@H]3CC4C[C@@H]5CC(=O)[C@@]4(C[C@@H]3[C@H]2C[C@H]1C)C(=O)O5. The van der Waals surface area contributed by atoms with Gasteiger partial charge in [0.15, 0.2) is 5.78 Å². The third kappa shape index (κ3) is 2.06. The van der Waals surface area contributed by atoms with Gasteiger partial charge in [0.25, 0.3) is 0 Å². The molecule has 6 aliphatic rings. The van der Waals surface area contributed by atoms with E-state index in [0.717, 1.165) is 19.3 Å². The number of carbonyl (C=O) groups excluding carboxylic acids is 3. The second-order valence-corrected chi connectivity index (χ2v) is 9.24. The molecule has 26 heavy (non-hydrogen) atoms. The van der Waals surface area contributed by atoms with Crippen molar-refractivity contribution in [1.29, 1.82) is 0 Å². The molecule has 0 amide bonds. The molecule has 6 rings (SSSR count). The summed E-state index contributed by atoms with van der Waals surface area (Å²) in [5.41, 5.74) is -0.894. The van der Waals surface area contributed by atoms with Crippen molar-refractivity contribution in [1.82, 2.24) is 0 Å². The molecule has 2 saturated heterocycles. The molecule has 2 aliphatic heterocycles. The lowest BCUT2D eigenvalue weighted by atomic mass is 9.49. The van der Waals surface area contributed by atoms with Crippen molar-refractivity contribution < 1.29 is 23.9 Å². The van der Waals surface area contributed by atoms with Crippen LogP contribution in [0.4, 0.5) is 0 Å². The smallest absolute Gasteiger partial charge is 0.320 e. The lowest BCUT2D eigenvalue weighted by Gasteiger charge is -2.56. The number of allylic oxidation sites excluding steroid dienone is 1. The van der Waals surface area contributed by atoms with E-state index in [1.807, 2.05) is 0 Å². The molecule has 0 N–H and O–H groups in total. The van der Waals surface area contributed by atoms with Gasteiger partial charge in [-0.2, -0.15) is 0 Å². The van der Waals surface area contributed by atoms with E-state index in [2.05, 4.69) is 19.1 Å². The Balaban J connectivity index is 1.48. The molecule has 0 aromatic carbocycles. The van der Waals surface area contributed by atoms with Gasteiger partial charge in [0.1, 0.15) is 17.6 Å². The van der Waals surface area contributed by atoms with Crippen molar-refractivity contribution in [2.45, 2.75) is 58.2 Å². The Labute approximate surface area is 153 Å². The summed E-state index contributed by atoms with van der Waals surface area (Å²) < 4.78 is 11.2. The van der Waals surface area contributed by atoms with Crippen molar-refractivity contribution in [2.75, 3.05) is 0 Å². The quantitative estimate of drug-likeness (QED) is 0.409. The van der Waals surface area contributed by atoms with Gasteiger partial charge in [-0.15, -0.1) is 0 Å². The van der Waals surface area contributed by atoms with Crippen LogP contribution in [0.3, 0.4) is 0 Å². The second-order valence-electron chi connectivity index (χ2n) is 9.24. The fourth-order valence-electron chi connectivity index (χ4n) is 6.94. The van der Waals surface area contributed by atoms with Crippen LogP contribution in [-0.2, 0) is 23.9 Å². The summed E-state index contributed by atoms with van der Waals surface area (Å²) >= 11 is 0. The van der Waals surface area contributed by atoms with E-state index in [0.29, 0.717) is 36.5 Å². The predicted octanol–water partition coefficient (Wildman–Crippen LogP) is 2.68. The standard InChI is InChI=1S/C21H26O5/c1-10-5-16-15(19(10)25-11(2)22)4-3-12-6-13-7-14-8-18(23)21(13,9-17(12)16)20(24)26-14/h3-4,10,12-17,19H,5-9H2,1-2H3/t10-,12-,13?,14-,15+,16+,17+,19-,21+/m1/s1. The Kier molecular flexibility index (Phi) is 3.45. The zero-order valence-corrected chi connectivity index (χ0v) is 15.4. The van der Waals surface area contributed by atoms with E-state index in [1.54, 1.807) is 0 Å². The van der Waals surface area contributed by atoms with Gasteiger partial charge in [0, 0.05) is 19.3 Å². The first-order chi connectivity index (χ1) is 12.4. The average molecular weight is 358 g/mol. The maximum atomic E-state index is 12.9. The molecule has 0 radical (unpaired) electrons. The van der Waals surface area contributed by atoms with Crippen molar-refractivity contribution in [3.8, 4) is 0 Å². The molecule has 0 aromatic rings. The minimum atomic E-state index is -0.894. The highest BCUT2D eigenvalue weighted by Gasteiger charge is 2.66. The molecule has 0 aromatic heterocycles. The lowest BCUT2D eigenvalue weighted by molar-refractivity contribution is -0.202. The number of Topliss-reactive ketones (excluding diaryl/α,β-unsaturated/α-hetero) is 1. The van der Waals surface area contributed by atoms with Crippen LogP contribution in [0, 0.1) is 40.9 Å². The molecule has 2 heterocycles. The van der Waals surface area contributed by atoms with Crippen LogP contribution in [0.1, 0.15) is 46.0 Å². The minimum Gasteiger partial charge on any atom is -0.462 e. The number of esters is 2. The van der Waals surface area contributed by atoms with E-state index in [-0.39, 0.29) is 41.8 Å². The van der Waals surface area contributed by atoms with Crippen LogP contribution >= 0.6 is 0 Å². The number of ether oxygens (including phenoxy) is 2. The first-order valence-corrected chi connectivity index (χ1v) is 10.00. The predicted molar refractivity (Wildman–Crippen MR) is 91.7 cm³/mol. The maximum absolute atomic E-state index is 12.9. The first kappa shape index (κ1) is 16.5. The van der Waals surface area contributed by atoms with Crippen LogP contribution in [0.15, 0.2) is 12.2 Å². The third-order valence-electron chi connectivity index (χ3n) is 7.97. The van der Waals surface area contributed by atoms with Gasteiger partial charge in [-0.1, -0.05) is 19.1 Å². The number of ketones is 1. The van der Waals surface area contributed by atoms with Crippen molar-refractivity contribution in [3.05, 3.63) is 12.2 Å². The van der Waals surface area contributed by atoms with Crippen LogP contribution in [0.5, 0.6) is 0 Å². The zero-order valence-electron chi connectivity index (χ0n) is 15.4. The Bertz CT molecular complexity index is 691. The van der Waals surface area contributed by atoms with E-state index in [1.165, 1.54) is 6.92 Å². The fourth-order valence-corrected chi connectivity index (χ4v) is 6.94. The number of fused-ring (bicyclic) bond motifs is 5. The number of carbonyl (C=O) groups is 3. The molecular weight excluding hydrogens is 332 g/mol. The van der Waals surface area contributed by atoms with Crippen LogP contribution in [0.25, 0.3) is 0 Å². The van der Waals surface area contributed by atoms with Gasteiger partial charge in [-0.3, -0.25) is 14.4 Å². The lowest BCUT2D eigenvalue weighted by Crippen LogP contribution is -2.62. The van der Waals surface area contributed by atoms with E-state index in [9.17, 15) is 14.4 Å². The molecule has 9 atom stereocenters. The number of hydrogen-bond donors (Lipinski definition) is 0. The summed E-state index contributed by atoms with van der Waals surface area (Å²) in [7, 11) is 0. The Morgan fingerprint density at radius 1 is 1.19 bits per heavy atom. The van der Waals surface area contributed by atoms with Crippen LogP contribution in [0.2, 0.25) is 0 Å². The molecule has 1 spiro atoms. The van der Waals surface area contributed by atoms with Gasteiger partial charge >= 0.3 is 11.9 Å². The fraction of sp³-hybridized carbons (Fsp3) is 0.762. The molecule has 140 valence electrons. The van der Waals surface area contributed by atoms with Crippen molar-refractivity contribution in [2.24, 2.45) is 40.9 Å². The summed E-state index contributed by atoms with van der Waals surface area (Å²) in [4.78, 5) is 37.1. The summed E-state index contributed by atoms with van der Waals surface area (Å²) in [6.45, 7) is 3.61. The van der Waals surface area contributed by atoms with E-state index in [4.69, 9.17) is 9.47 Å². The zero-order chi connectivity index (χ0) is 18.2. The Hall–Kier alpha value is -1.65. The van der Waals surface area contributed by atoms with Crippen molar-refractivity contribution in [3.63, 3.8) is 0 Å². The van der Waals surface area contributed by atoms with Gasteiger partial charge in [-0.05, 0) is 55.3 Å². The summed E-state index contributed by atoms with van der Waals surface area (Å²) in [6, 6.07) is 0. The highest BCUT2D eigenvalue weighted by molar-refractivity contribution is 6.07. The Morgan fingerprint density at radius 2 is 2.00 bits per heavy atom. The Morgan fingerprint density at radius 3 is 2.73 bits per heavy atom. The monoisotopic (exact) mass is 358 g/mol. The van der Waals surface area contributed by atoms with E-state index >= 15 is 0 Å². The molecule has 5 nitrogen and oxygen atoms in total. The van der Waals surface area contributed by atoms with Crippen molar-refractivity contribution >= 4 is 17.7 Å². The third-order valence-corrected chi connectivity index (χ3v) is 7.97. The minimum absolute atomic E-state index is 0.0883. The molecule has 1 unspecified atom stereocenters. The highest BCUT2D eigenvalue weighted by atomic mass is 16.6. The summed E-state index contributed by atoms with van der Waals surface area (Å²) in [5.74, 6) is 1.37. The topological polar surface area (TPSA) is 69.7 Å². The number of hydrogen-bond acceptors (Lipinski definition) is 5. The van der Waals surface area contributed by atoms with E-state index < -0.39 is 5.41 Å². The highest BCUT2D eigenvalue weighted by Crippen LogP contribution is 2.61. The molecule has 5 heteroatoms. The number of rotatable bonds is 1. The maximum Gasteiger partial charge on any atom is 0.320 e. The molecular formula is C21H26O5. The van der Waals surface area contributed by atoms with Gasteiger partial charge in [0.05, 0.1) is 0 Å². The molecule has 5 fully saturated rings. The van der Waals surface area contributed by atoms with Gasteiger partial charge < -0.3 is 9.47 Å². The molecule has 4 aliphatic carbocycles. The summed E-state index contributed by atoms with van der Waals surface area (Å²) in [6.07, 6.45) is 8.01. The average Bonchev–Trinajstić information content (AvgIpc) is 2.88. The molecule has 3 saturated carbocycles.